The van der Waals surface area contributed by atoms with Crippen LogP contribution in [0.4, 0.5) is 0 Å². The molecular formula is C14H26N2S. The third-order valence-corrected chi connectivity index (χ3v) is 4.13. The van der Waals surface area contributed by atoms with Crippen LogP contribution < -0.4 is 5.32 Å². The van der Waals surface area contributed by atoms with E-state index in [1.807, 2.05) is 11.3 Å². The van der Waals surface area contributed by atoms with Gasteiger partial charge in [-0.25, -0.2) is 4.98 Å². The molecule has 3 heteroatoms. The monoisotopic (exact) mass is 254 g/mol. The molecule has 0 amide bonds. The van der Waals surface area contributed by atoms with Gasteiger partial charge in [0.25, 0.3) is 0 Å². The van der Waals surface area contributed by atoms with Crippen molar-refractivity contribution in [2.75, 3.05) is 6.54 Å². The number of hydrogen-bond acceptors (Lipinski definition) is 3. The summed E-state index contributed by atoms with van der Waals surface area (Å²) in [5, 5.41) is 4.74. The van der Waals surface area contributed by atoms with E-state index in [1.54, 1.807) is 0 Å². The van der Waals surface area contributed by atoms with Gasteiger partial charge in [0.1, 0.15) is 0 Å². The number of thiazole rings is 1. The topological polar surface area (TPSA) is 24.9 Å². The maximum Gasteiger partial charge on any atom is 0.0985 e. The summed E-state index contributed by atoms with van der Waals surface area (Å²) in [4.78, 5) is 6.25. The standard InChI is InChI=1S/C14H26N2S/c1-7-8-15-9-11-12(10(2)3)16-13(17-11)14(4,5)6/h10,15H,7-9H2,1-6H3. The minimum Gasteiger partial charge on any atom is -0.312 e. The second-order valence-corrected chi connectivity index (χ2v) is 6.99. The first-order valence-corrected chi connectivity index (χ1v) is 7.38. The summed E-state index contributed by atoms with van der Waals surface area (Å²) < 4.78 is 0. The minimum absolute atomic E-state index is 0.164. The van der Waals surface area contributed by atoms with E-state index < -0.39 is 0 Å². The fourth-order valence-corrected chi connectivity index (χ4v) is 2.88. The van der Waals surface area contributed by atoms with Gasteiger partial charge in [0, 0.05) is 16.8 Å². The number of rotatable bonds is 5. The lowest BCUT2D eigenvalue weighted by molar-refractivity contribution is 0.580. The Morgan fingerprint density at radius 3 is 2.41 bits per heavy atom. The molecule has 0 aliphatic heterocycles. The molecule has 1 rings (SSSR count). The Morgan fingerprint density at radius 2 is 1.94 bits per heavy atom. The van der Waals surface area contributed by atoms with Gasteiger partial charge >= 0.3 is 0 Å². The Bertz CT molecular complexity index is 348. The molecule has 0 bridgehead atoms. The van der Waals surface area contributed by atoms with Gasteiger partial charge in [0.2, 0.25) is 0 Å². The average Bonchev–Trinajstić information content (AvgIpc) is 2.61. The number of nitrogens with zero attached hydrogens (tertiary/aromatic N) is 1. The van der Waals surface area contributed by atoms with E-state index in [9.17, 15) is 0 Å². The molecule has 1 aromatic rings. The first kappa shape index (κ1) is 14.7. The lowest BCUT2D eigenvalue weighted by Crippen LogP contribution is -2.14. The third kappa shape index (κ3) is 4.07. The summed E-state index contributed by atoms with van der Waals surface area (Å²) in [6.07, 6.45) is 1.18. The lowest BCUT2D eigenvalue weighted by atomic mass is 9.98. The Hall–Kier alpha value is -0.410. The van der Waals surface area contributed by atoms with Gasteiger partial charge in [-0.05, 0) is 18.9 Å². The zero-order chi connectivity index (χ0) is 13.1. The Kier molecular flexibility index (Phi) is 5.14. The van der Waals surface area contributed by atoms with E-state index in [2.05, 4.69) is 46.9 Å². The van der Waals surface area contributed by atoms with Crippen molar-refractivity contribution >= 4 is 11.3 Å². The summed E-state index contributed by atoms with van der Waals surface area (Å²) in [6, 6.07) is 0. The van der Waals surface area contributed by atoms with E-state index >= 15 is 0 Å². The predicted octanol–water partition coefficient (Wildman–Crippen LogP) is 4.06. The van der Waals surface area contributed by atoms with Crippen LogP contribution in [0, 0.1) is 0 Å². The summed E-state index contributed by atoms with van der Waals surface area (Å²) in [5.74, 6) is 0.515. The van der Waals surface area contributed by atoms with Crippen LogP contribution in [-0.4, -0.2) is 11.5 Å². The van der Waals surface area contributed by atoms with Crippen LogP contribution in [0.1, 0.15) is 69.5 Å². The Morgan fingerprint density at radius 1 is 1.29 bits per heavy atom. The molecule has 17 heavy (non-hydrogen) atoms. The third-order valence-electron chi connectivity index (χ3n) is 2.63. The summed E-state index contributed by atoms with van der Waals surface area (Å²) in [5.41, 5.74) is 1.45. The number of hydrogen-bond donors (Lipinski definition) is 1. The summed E-state index contributed by atoms with van der Waals surface area (Å²) >= 11 is 1.87. The molecule has 0 unspecified atom stereocenters. The maximum absolute atomic E-state index is 4.84. The van der Waals surface area contributed by atoms with Crippen LogP contribution >= 0.6 is 11.3 Å². The normalized spacial score (nSPS) is 12.4. The molecule has 0 saturated heterocycles. The van der Waals surface area contributed by atoms with Crippen molar-refractivity contribution in [2.24, 2.45) is 0 Å². The van der Waals surface area contributed by atoms with Gasteiger partial charge < -0.3 is 5.32 Å². The van der Waals surface area contributed by atoms with Crippen molar-refractivity contribution in [3.05, 3.63) is 15.6 Å². The number of nitrogens with one attached hydrogen (secondary N) is 1. The molecule has 1 N–H and O–H groups in total. The van der Waals surface area contributed by atoms with Crippen LogP contribution in [0.2, 0.25) is 0 Å². The predicted molar refractivity (Wildman–Crippen MR) is 76.9 cm³/mol. The van der Waals surface area contributed by atoms with Gasteiger partial charge in [-0.1, -0.05) is 41.5 Å². The van der Waals surface area contributed by atoms with Crippen LogP contribution in [0.15, 0.2) is 0 Å². The van der Waals surface area contributed by atoms with E-state index in [1.165, 1.54) is 22.0 Å². The Labute approximate surface area is 110 Å². The van der Waals surface area contributed by atoms with Gasteiger partial charge in [-0.15, -0.1) is 11.3 Å². The molecule has 1 heterocycles. The van der Waals surface area contributed by atoms with E-state index in [4.69, 9.17) is 4.98 Å². The molecule has 0 aliphatic rings. The first-order chi connectivity index (χ1) is 7.86. The molecule has 2 nitrogen and oxygen atoms in total. The molecule has 0 spiro atoms. The SMILES string of the molecule is CCCNCc1sc(C(C)(C)C)nc1C(C)C. The quantitative estimate of drug-likeness (QED) is 0.801. The van der Waals surface area contributed by atoms with Crippen molar-refractivity contribution in [3.63, 3.8) is 0 Å². The van der Waals surface area contributed by atoms with Gasteiger partial charge in [0.05, 0.1) is 10.7 Å². The fraction of sp³-hybridized carbons (Fsp3) is 0.786. The molecule has 0 atom stereocenters. The maximum atomic E-state index is 4.84. The highest BCUT2D eigenvalue weighted by Gasteiger charge is 2.22. The van der Waals surface area contributed by atoms with Gasteiger partial charge in [-0.2, -0.15) is 0 Å². The summed E-state index contributed by atoms with van der Waals surface area (Å²) in [7, 11) is 0. The Balaban J connectivity index is 2.90. The number of aromatic nitrogens is 1. The zero-order valence-electron chi connectivity index (χ0n) is 12.1. The van der Waals surface area contributed by atoms with Crippen LogP contribution in [0.5, 0.6) is 0 Å². The molecule has 0 aromatic carbocycles. The smallest absolute Gasteiger partial charge is 0.0985 e. The summed E-state index contributed by atoms with van der Waals surface area (Å²) in [6.45, 7) is 15.4. The first-order valence-electron chi connectivity index (χ1n) is 6.57. The molecule has 0 saturated carbocycles. The largest absolute Gasteiger partial charge is 0.312 e. The highest BCUT2D eigenvalue weighted by atomic mass is 32.1. The highest BCUT2D eigenvalue weighted by Crippen LogP contribution is 2.32. The van der Waals surface area contributed by atoms with Crippen molar-refractivity contribution < 1.29 is 0 Å². The molecule has 0 aliphatic carbocycles. The second-order valence-electron chi connectivity index (χ2n) is 5.91. The van der Waals surface area contributed by atoms with Crippen LogP contribution in [-0.2, 0) is 12.0 Å². The van der Waals surface area contributed by atoms with E-state index in [0.717, 1.165) is 13.1 Å². The zero-order valence-corrected chi connectivity index (χ0v) is 12.9. The molecular weight excluding hydrogens is 228 g/mol. The fourth-order valence-electron chi connectivity index (χ4n) is 1.64. The van der Waals surface area contributed by atoms with Crippen LogP contribution in [0.25, 0.3) is 0 Å². The van der Waals surface area contributed by atoms with Crippen molar-refractivity contribution in [3.8, 4) is 0 Å². The van der Waals surface area contributed by atoms with Crippen molar-refractivity contribution in [2.45, 2.75) is 65.8 Å². The lowest BCUT2D eigenvalue weighted by Gasteiger charge is -2.13. The molecule has 0 fully saturated rings. The minimum atomic E-state index is 0.164. The van der Waals surface area contributed by atoms with Crippen molar-refractivity contribution in [1.82, 2.24) is 10.3 Å². The molecule has 1 aromatic heterocycles. The van der Waals surface area contributed by atoms with E-state index in [-0.39, 0.29) is 5.41 Å². The second kappa shape index (κ2) is 5.96. The van der Waals surface area contributed by atoms with Gasteiger partial charge in [0.15, 0.2) is 0 Å². The van der Waals surface area contributed by atoms with Crippen LogP contribution in [0.3, 0.4) is 0 Å². The van der Waals surface area contributed by atoms with Crippen molar-refractivity contribution in [1.29, 1.82) is 0 Å². The van der Waals surface area contributed by atoms with E-state index in [0.29, 0.717) is 5.92 Å². The van der Waals surface area contributed by atoms with Gasteiger partial charge in [-0.3, -0.25) is 0 Å². The highest BCUT2D eigenvalue weighted by molar-refractivity contribution is 7.11. The molecule has 0 radical (unpaired) electrons. The molecule has 98 valence electrons. The average molecular weight is 254 g/mol.